The number of ether oxygens (including phenoxy) is 1. The predicted molar refractivity (Wildman–Crippen MR) is 90.7 cm³/mol. The van der Waals surface area contributed by atoms with Gasteiger partial charge in [-0.25, -0.2) is 4.98 Å². The first-order valence-corrected chi connectivity index (χ1v) is 9.19. The van der Waals surface area contributed by atoms with Crippen LogP contribution >= 0.6 is 11.3 Å². The Hall–Kier alpha value is -1.51. The van der Waals surface area contributed by atoms with E-state index in [4.69, 9.17) is 10.5 Å². The van der Waals surface area contributed by atoms with E-state index in [0.717, 1.165) is 37.2 Å². The number of aromatic nitrogens is 1. The highest BCUT2D eigenvalue weighted by Gasteiger charge is 2.36. The van der Waals surface area contributed by atoms with Crippen LogP contribution in [0.15, 0.2) is 6.20 Å². The van der Waals surface area contributed by atoms with Crippen molar-refractivity contribution in [2.24, 2.45) is 5.73 Å². The first-order chi connectivity index (χ1) is 11.6. The van der Waals surface area contributed by atoms with Gasteiger partial charge in [0.05, 0.1) is 18.8 Å². The summed E-state index contributed by atoms with van der Waals surface area (Å²) in [6.45, 7) is 2.79. The summed E-state index contributed by atoms with van der Waals surface area (Å²) < 4.78 is 5.05. The Bertz CT molecular complexity index is 598. The summed E-state index contributed by atoms with van der Waals surface area (Å²) in [6.07, 6.45) is 5.29. The number of nitrogens with two attached hydrogens (primary N) is 1. The molecule has 2 amide bonds. The summed E-state index contributed by atoms with van der Waals surface area (Å²) >= 11 is 1.39. The Kier molecular flexibility index (Phi) is 5.47. The third-order valence-electron chi connectivity index (χ3n) is 4.88. The van der Waals surface area contributed by atoms with E-state index in [-0.39, 0.29) is 17.9 Å². The van der Waals surface area contributed by atoms with Gasteiger partial charge in [-0.05, 0) is 32.2 Å². The van der Waals surface area contributed by atoms with Crippen LogP contribution in [0, 0.1) is 0 Å². The molecule has 2 aliphatic heterocycles. The molecule has 0 saturated carbocycles. The van der Waals surface area contributed by atoms with Crippen LogP contribution in [-0.2, 0) is 16.1 Å². The minimum Gasteiger partial charge on any atom is -0.378 e. The molecule has 24 heavy (non-hydrogen) atoms. The summed E-state index contributed by atoms with van der Waals surface area (Å²) in [4.78, 5) is 33.2. The molecule has 0 bridgehead atoms. The fourth-order valence-electron chi connectivity index (χ4n) is 3.69. The smallest absolute Gasteiger partial charge is 0.265 e. The quantitative estimate of drug-likeness (QED) is 0.848. The van der Waals surface area contributed by atoms with Gasteiger partial charge in [-0.3, -0.25) is 14.5 Å². The molecule has 2 N–H and O–H groups in total. The molecule has 8 heteroatoms. The zero-order valence-corrected chi connectivity index (χ0v) is 14.8. The van der Waals surface area contributed by atoms with Crippen molar-refractivity contribution in [2.45, 2.75) is 44.4 Å². The van der Waals surface area contributed by atoms with E-state index in [2.05, 4.69) is 9.88 Å². The molecule has 0 radical (unpaired) electrons. The standard InChI is InChI=1S/C16H24N4O3S/c1-23-10-14-18-9-13(24-14)16(22)19-7-4-11(5-8-19)20-6-2-3-12(20)15(17)21/h9,11-12H,2-8,10H2,1H3,(H2,17,21). The highest BCUT2D eigenvalue weighted by atomic mass is 32.1. The van der Waals surface area contributed by atoms with Gasteiger partial charge < -0.3 is 15.4 Å². The number of thiazole rings is 1. The number of hydrogen-bond donors (Lipinski definition) is 1. The number of nitrogens with zero attached hydrogens (tertiary/aromatic N) is 3. The number of amides is 2. The molecule has 0 aromatic carbocycles. The molecule has 7 nitrogen and oxygen atoms in total. The molecular formula is C16H24N4O3S. The Morgan fingerprint density at radius 1 is 1.33 bits per heavy atom. The van der Waals surface area contributed by atoms with Gasteiger partial charge in [0.2, 0.25) is 5.91 Å². The molecule has 3 heterocycles. The second-order valence-corrected chi connectivity index (χ2v) is 7.49. The van der Waals surface area contributed by atoms with Crippen LogP contribution in [-0.4, -0.2) is 65.4 Å². The van der Waals surface area contributed by atoms with Gasteiger partial charge in [0.25, 0.3) is 5.91 Å². The monoisotopic (exact) mass is 352 g/mol. The van der Waals surface area contributed by atoms with E-state index < -0.39 is 0 Å². The second-order valence-electron chi connectivity index (χ2n) is 6.37. The molecule has 1 aromatic heterocycles. The van der Waals surface area contributed by atoms with E-state index in [1.807, 2.05) is 4.90 Å². The first kappa shape index (κ1) is 17.3. The third kappa shape index (κ3) is 3.60. The molecular weight excluding hydrogens is 328 g/mol. The van der Waals surface area contributed by atoms with Gasteiger partial charge in [-0.2, -0.15) is 0 Å². The number of methoxy groups -OCH3 is 1. The second kappa shape index (κ2) is 7.58. The Morgan fingerprint density at radius 2 is 2.08 bits per heavy atom. The molecule has 0 aliphatic carbocycles. The van der Waals surface area contributed by atoms with E-state index >= 15 is 0 Å². The van der Waals surface area contributed by atoms with Crippen LogP contribution in [0.1, 0.15) is 40.4 Å². The lowest BCUT2D eigenvalue weighted by Gasteiger charge is -2.38. The van der Waals surface area contributed by atoms with E-state index in [9.17, 15) is 9.59 Å². The molecule has 1 unspecified atom stereocenters. The zero-order valence-electron chi connectivity index (χ0n) is 13.9. The minimum absolute atomic E-state index is 0.0428. The molecule has 132 valence electrons. The van der Waals surface area contributed by atoms with Gasteiger partial charge >= 0.3 is 0 Å². The predicted octanol–water partition coefficient (Wildman–Crippen LogP) is 0.844. The van der Waals surface area contributed by atoms with E-state index in [0.29, 0.717) is 30.6 Å². The molecule has 1 aromatic rings. The highest BCUT2D eigenvalue weighted by molar-refractivity contribution is 7.13. The van der Waals surface area contributed by atoms with Crippen LogP contribution in [0.5, 0.6) is 0 Å². The Morgan fingerprint density at radius 3 is 2.75 bits per heavy atom. The number of piperidine rings is 1. The lowest BCUT2D eigenvalue weighted by molar-refractivity contribution is -0.123. The maximum Gasteiger partial charge on any atom is 0.265 e. The van der Waals surface area contributed by atoms with Crippen LogP contribution in [0.4, 0.5) is 0 Å². The molecule has 2 fully saturated rings. The van der Waals surface area contributed by atoms with Crippen molar-refractivity contribution < 1.29 is 14.3 Å². The number of rotatable bonds is 5. The van der Waals surface area contributed by atoms with E-state index in [1.54, 1.807) is 13.3 Å². The molecule has 1 atom stereocenters. The highest BCUT2D eigenvalue weighted by Crippen LogP contribution is 2.27. The first-order valence-electron chi connectivity index (χ1n) is 8.38. The van der Waals surface area contributed by atoms with Gasteiger partial charge in [0, 0.05) is 26.2 Å². The number of likely N-dealkylation sites (tertiary alicyclic amines) is 2. The summed E-state index contributed by atoms with van der Waals surface area (Å²) in [5.41, 5.74) is 5.51. The van der Waals surface area contributed by atoms with Crippen molar-refractivity contribution in [3.63, 3.8) is 0 Å². The topological polar surface area (TPSA) is 88.8 Å². The number of carbonyl (C=O) groups is 2. The van der Waals surface area contributed by atoms with Crippen molar-refractivity contribution in [3.05, 3.63) is 16.1 Å². The third-order valence-corrected chi connectivity index (χ3v) is 5.83. The molecule has 2 saturated heterocycles. The average Bonchev–Trinajstić information content (AvgIpc) is 3.24. The van der Waals surface area contributed by atoms with Gasteiger partial charge in [-0.1, -0.05) is 0 Å². The van der Waals surface area contributed by atoms with Crippen LogP contribution in [0.2, 0.25) is 0 Å². The van der Waals surface area contributed by atoms with Gasteiger partial charge in [-0.15, -0.1) is 11.3 Å². The number of carbonyl (C=O) groups excluding carboxylic acids is 2. The maximum atomic E-state index is 12.6. The summed E-state index contributed by atoms with van der Waals surface area (Å²) in [6, 6.07) is 0.218. The van der Waals surface area contributed by atoms with Crippen LogP contribution in [0.3, 0.4) is 0 Å². The van der Waals surface area contributed by atoms with E-state index in [1.165, 1.54) is 11.3 Å². The van der Waals surface area contributed by atoms with Crippen molar-refractivity contribution >= 4 is 23.2 Å². The van der Waals surface area contributed by atoms with Crippen LogP contribution < -0.4 is 5.73 Å². The fraction of sp³-hybridized carbons (Fsp3) is 0.688. The lowest BCUT2D eigenvalue weighted by Crippen LogP contribution is -2.51. The summed E-state index contributed by atoms with van der Waals surface area (Å²) in [5.74, 6) is -0.178. The zero-order chi connectivity index (χ0) is 17.1. The summed E-state index contributed by atoms with van der Waals surface area (Å²) in [7, 11) is 1.62. The molecule has 3 rings (SSSR count). The maximum absolute atomic E-state index is 12.6. The largest absolute Gasteiger partial charge is 0.378 e. The van der Waals surface area contributed by atoms with Crippen molar-refractivity contribution in [2.75, 3.05) is 26.7 Å². The average molecular weight is 352 g/mol. The van der Waals surface area contributed by atoms with Gasteiger partial charge in [0.1, 0.15) is 9.88 Å². The Labute approximate surface area is 145 Å². The SMILES string of the molecule is COCc1ncc(C(=O)N2CCC(N3CCCC3C(N)=O)CC2)s1. The van der Waals surface area contributed by atoms with Crippen molar-refractivity contribution in [1.29, 1.82) is 0 Å². The normalized spacial score (nSPS) is 22.9. The lowest BCUT2D eigenvalue weighted by atomic mass is 10.0. The Balaban J connectivity index is 1.56. The molecule has 2 aliphatic rings. The molecule has 0 spiro atoms. The van der Waals surface area contributed by atoms with Gasteiger partial charge in [0.15, 0.2) is 0 Å². The number of primary amides is 1. The van der Waals surface area contributed by atoms with Crippen molar-refractivity contribution in [3.8, 4) is 0 Å². The van der Waals surface area contributed by atoms with Crippen molar-refractivity contribution in [1.82, 2.24) is 14.8 Å². The minimum atomic E-state index is -0.221. The van der Waals surface area contributed by atoms with Crippen LogP contribution in [0.25, 0.3) is 0 Å². The summed E-state index contributed by atoms with van der Waals surface area (Å²) in [5, 5.41) is 0.817. The fourth-order valence-corrected chi connectivity index (χ4v) is 4.55. The number of hydrogen-bond acceptors (Lipinski definition) is 6.